The van der Waals surface area contributed by atoms with Gasteiger partial charge < -0.3 is 9.47 Å². The maximum absolute atomic E-state index is 11.1. The van der Waals surface area contributed by atoms with E-state index >= 15 is 0 Å². The number of hydrogen-bond acceptors (Lipinski definition) is 4. The van der Waals surface area contributed by atoms with Crippen LogP contribution in [0.5, 0.6) is 0 Å². The molecule has 1 atom stereocenters. The van der Waals surface area contributed by atoms with Crippen LogP contribution in [0.4, 0.5) is 0 Å². The molecule has 0 aliphatic carbocycles. The van der Waals surface area contributed by atoms with Gasteiger partial charge in [0.05, 0.1) is 0 Å². The summed E-state index contributed by atoms with van der Waals surface area (Å²) in [6, 6.07) is 0. The predicted octanol–water partition coefficient (Wildman–Crippen LogP) is 4.54. The van der Waals surface area contributed by atoms with Crippen LogP contribution in [-0.4, -0.2) is 29.4 Å². The van der Waals surface area contributed by atoms with Crippen LogP contribution in [0.3, 0.4) is 0 Å². The van der Waals surface area contributed by atoms with Crippen LogP contribution in [0.25, 0.3) is 0 Å². The Hall–Kier alpha value is -0.0600. The number of hydrogen-bond donors (Lipinski definition) is 0. The molecule has 0 N–H and O–H groups in total. The van der Waals surface area contributed by atoms with Crippen molar-refractivity contribution in [2.24, 2.45) is 0 Å². The summed E-state index contributed by atoms with van der Waals surface area (Å²) in [6.07, 6.45) is 9.33. The summed E-state index contributed by atoms with van der Waals surface area (Å²) in [4.78, 5) is 11.1. The average Bonchev–Trinajstić information content (AvgIpc) is 2.37. The SMILES string of the molecule is CC(=O)SC(C)(C)CCCCCCOC1CCCCO1. The van der Waals surface area contributed by atoms with Gasteiger partial charge in [0.2, 0.25) is 0 Å². The van der Waals surface area contributed by atoms with E-state index in [1.807, 2.05) is 0 Å². The van der Waals surface area contributed by atoms with Crippen LogP contribution in [0.1, 0.15) is 72.1 Å². The number of rotatable bonds is 9. The van der Waals surface area contributed by atoms with E-state index in [0.29, 0.717) is 0 Å². The zero-order valence-corrected chi connectivity index (χ0v) is 14.1. The fourth-order valence-electron chi connectivity index (χ4n) is 2.50. The molecule has 1 heterocycles. The second kappa shape index (κ2) is 9.80. The van der Waals surface area contributed by atoms with Gasteiger partial charge in [-0.2, -0.15) is 0 Å². The van der Waals surface area contributed by atoms with Gasteiger partial charge in [0.1, 0.15) is 0 Å². The monoisotopic (exact) mass is 302 g/mol. The summed E-state index contributed by atoms with van der Waals surface area (Å²) >= 11 is 1.46. The first-order valence-corrected chi connectivity index (χ1v) is 8.74. The molecule has 1 saturated heterocycles. The van der Waals surface area contributed by atoms with Crippen molar-refractivity contribution in [1.29, 1.82) is 0 Å². The molecule has 0 saturated carbocycles. The summed E-state index contributed by atoms with van der Waals surface area (Å²) < 4.78 is 11.3. The van der Waals surface area contributed by atoms with Gasteiger partial charge in [-0.1, -0.05) is 44.9 Å². The van der Waals surface area contributed by atoms with Crippen molar-refractivity contribution in [3.8, 4) is 0 Å². The van der Waals surface area contributed by atoms with E-state index in [4.69, 9.17) is 9.47 Å². The molecule has 0 radical (unpaired) electrons. The van der Waals surface area contributed by atoms with Crippen molar-refractivity contribution >= 4 is 16.9 Å². The smallest absolute Gasteiger partial charge is 0.186 e. The Balaban J connectivity index is 1.92. The molecule has 1 rings (SSSR count). The maximum atomic E-state index is 11.1. The van der Waals surface area contributed by atoms with Gasteiger partial charge in [0.15, 0.2) is 11.4 Å². The highest BCUT2D eigenvalue weighted by Crippen LogP contribution is 2.30. The summed E-state index contributed by atoms with van der Waals surface area (Å²) in [5.74, 6) is 0. The Morgan fingerprint density at radius 1 is 1.25 bits per heavy atom. The Bertz CT molecular complexity index is 273. The van der Waals surface area contributed by atoms with Crippen molar-refractivity contribution in [3.63, 3.8) is 0 Å². The molecule has 118 valence electrons. The number of unbranched alkanes of at least 4 members (excludes halogenated alkanes) is 3. The highest BCUT2D eigenvalue weighted by Gasteiger charge is 2.20. The standard InChI is InChI=1S/C16H30O3S/c1-14(17)20-16(2,3)11-7-4-5-8-12-18-15-10-6-9-13-19-15/h15H,4-13H2,1-3H3. The minimum atomic E-state index is 0.0506. The van der Waals surface area contributed by atoms with Gasteiger partial charge >= 0.3 is 0 Å². The topological polar surface area (TPSA) is 35.5 Å². The summed E-state index contributed by atoms with van der Waals surface area (Å²) in [5, 5.41) is 0.218. The molecular formula is C16H30O3S. The summed E-state index contributed by atoms with van der Waals surface area (Å²) in [7, 11) is 0. The molecule has 0 amide bonds. The average molecular weight is 302 g/mol. The van der Waals surface area contributed by atoms with Crippen LogP contribution in [-0.2, 0) is 14.3 Å². The molecular weight excluding hydrogens is 272 g/mol. The van der Waals surface area contributed by atoms with E-state index in [1.54, 1.807) is 6.92 Å². The highest BCUT2D eigenvalue weighted by molar-refractivity contribution is 8.14. The molecule has 4 heteroatoms. The molecule has 0 aromatic heterocycles. The maximum Gasteiger partial charge on any atom is 0.186 e. The van der Waals surface area contributed by atoms with Crippen LogP contribution in [0, 0.1) is 0 Å². The normalized spacial score (nSPS) is 20.1. The largest absolute Gasteiger partial charge is 0.353 e. The third kappa shape index (κ3) is 8.98. The van der Waals surface area contributed by atoms with Crippen molar-refractivity contribution in [2.75, 3.05) is 13.2 Å². The first-order valence-electron chi connectivity index (χ1n) is 7.92. The quantitative estimate of drug-likeness (QED) is 0.586. The Kier molecular flexibility index (Phi) is 8.82. The van der Waals surface area contributed by atoms with E-state index < -0.39 is 0 Å². The lowest BCUT2D eigenvalue weighted by atomic mass is 10.0. The lowest BCUT2D eigenvalue weighted by Gasteiger charge is -2.23. The Morgan fingerprint density at radius 3 is 2.65 bits per heavy atom. The van der Waals surface area contributed by atoms with Gasteiger partial charge in [-0.25, -0.2) is 0 Å². The number of carbonyl (C=O) groups is 1. The van der Waals surface area contributed by atoms with E-state index in [0.717, 1.165) is 32.5 Å². The van der Waals surface area contributed by atoms with Gasteiger partial charge in [-0.3, -0.25) is 4.79 Å². The summed E-state index contributed by atoms with van der Waals surface area (Å²) in [5.41, 5.74) is 0. The minimum absolute atomic E-state index is 0.0506. The lowest BCUT2D eigenvalue weighted by molar-refractivity contribution is -0.162. The van der Waals surface area contributed by atoms with Crippen LogP contribution in [0.2, 0.25) is 0 Å². The number of carbonyl (C=O) groups excluding carboxylic acids is 1. The molecule has 1 aliphatic heterocycles. The molecule has 0 aromatic carbocycles. The number of ether oxygens (including phenoxy) is 2. The third-order valence-electron chi connectivity index (χ3n) is 3.53. The molecule has 1 aliphatic rings. The van der Waals surface area contributed by atoms with E-state index in [9.17, 15) is 4.79 Å². The first kappa shape index (κ1) is 18.0. The molecule has 3 nitrogen and oxygen atoms in total. The Labute approximate surface area is 128 Å². The van der Waals surface area contributed by atoms with Gasteiger partial charge in [0.25, 0.3) is 0 Å². The molecule has 0 spiro atoms. The zero-order chi connectivity index (χ0) is 14.8. The molecule has 1 unspecified atom stereocenters. The zero-order valence-electron chi connectivity index (χ0n) is 13.3. The fraction of sp³-hybridized carbons (Fsp3) is 0.938. The fourth-order valence-corrected chi connectivity index (χ4v) is 3.53. The van der Waals surface area contributed by atoms with E-state index in [-0.39, 0.29) is 16.2 Å². The van der Waals surface area contributed by atoms with Crippen LogP contribution in [0.15, 0.2) is 0 Å². The number of thioether (sulfide) groups is 1. The van der Waals surface area contributed by atoms with Crippen LogP contribution < -0.4 is 0 Å². The van der Waals surface area contributed by atoms with E-state index in [2.05, 4.69) is 13.8 Å². The van der Waals surface area contributed by atoms with Crippen molar-refractivity contribution < 1.29 is 14.3 Å². The van der Waals surface area contributed by atoms with Crippen LogP contribution >= 0.6 is 11.8 Å². The van der Waals surface area contributed by atoms with Gasteiger partial charge in [-0.15, -0.1) is 0 Å². The highest BCUT2D eigenvalue weighted by atomic mass is 32.2. The lowest BCUT2D eigenvalue weighted by Crippen LogP contribution is -2.22. The second-order valence-electron chi connectivity index (χ2n) is 6.18. The Morgan fingerprint density at radius 2 is 2.00 bits per heavy atom. The molecule has 0 aromatic rings. The third-order valence-corrected chi connectivity index (χ3v) is 4.58. The first-order chi connectivity index (χ1) is 9.49. The van der Waals surface area contributed by atoms with E-state index in [1.165, 1.54) is 43.9 Å². The minimum Gasteiger partial charge on any atom is -0.353 e. The van der Waals surface area contributed by atoms with Crippen molar-refractivity contribution in [2.45, 2.75) is 83.2 Å². The van der Waals surface area contributed by atoms with Gasteiger partial charge in [0, 0.05) is 24.9 Å². The molecule has 20 heavy (non-hydrogen) atoms. The predicted molar refractivity (Wildman–Crippen MR) is 85.0 cm³/mol. The molecule has 1 fully saturated rings. The van der Waals surface area contributed by atoms with Crippen molar-refractivity contribution in [3.05, 3.63) is 0 Å². The van der Waals surface area contributed by atoms with Crippen molar-refractivity contribution in [1.82, 2.24) is 0 Å². The molecule has 0 bridgehead atoms. The second-order valence-corrected chi connectivity index (χ2v) is 8.07. The summed E-state index contributed by atoms with van der Waals surface area (Å²) in [6.45, 7) is 7.63. The van der Waals surface area contributed by atoms with Gasteiger partial charge in [-0.05, 0) is 32.1 Å².